The molecule has 2 aromatic rings. The Bertz CT molecular complexity index is 599. The van der Waals surface area contributed by atoms with Gasteiger partial charge in [0.2, 0.25) is 9.84 Å². The molecule has 0 aliphatic rings. The summed E-state index contributed by atoms with van der Waals surface area (Å²) in [7, 11) is -3.48. The fourth-order valence-corrected chi connectivity index (χ4v) is 2.69. The van der Waals surface area contributed by atoms with Crippen molar-refractivity contribution in [2.24, 2.45) is 0 Å². The zero-order valence-corrected chi connectivity index (χ0v) is 12.1. The smallest absolute Gasteiger partial charge is 0.206 e. The molecule has 0 radical (unpaired) electrons. The fraction of sp³-hybridized carbons (Fsp3) is 0.143. The van der Waals surface area contributed by atoms with Crippen LogP contribution < -0.4 is 11.5 Å². The first-order valence-electron chi connectivity index (χ1n) is 6.09. The molecule has 0 saturated carbocycles. The van der Waals surface area contributed by atoms with Crippen LogP contribution in [0.5, 0.6) is 0 Å². The van der Waals surface area contributed by atoms with Gasteiger partial charge in [-0.2, -0.15) is 0 Å². The van der Waals surface area contributed by atoms with Crippen molar-refractivity contribution in [3.8, 4) is 0 Å². The quantitative estimate of drug-likeness (QED) is 0.617. The molecule has 2 aromatic carbocycles. The Hall–Kier alpha value is -2.09. The van der Waals surface area contributed by atoms with Crippen LogP contribution in [0.4, 0.5) is 11.4 Å². The average Bonchev–Trinajstić information content (AvgIpc) is 2.48. The lowest BCUT2D eigenvalue weighted by atomic mass is 10.3. The molecular formula is C14H18N2O4S. The third-order valence-corrected chi connectivity index (χ3v) is 4.27. The minimum Gasteiger partial charge on any atom is -0.399 e. The monoisotopic (exact) mass is 310 g/mol. The maximum atomic E-state index is 12.2. The third-order valence-electron chi connectivity index (χ3n) is 2.48. The van der Waals surface area contributed by atoms with Gasteiger partial charge in [-0.15, -0.1) is 0 Å². The molecule has 21 heavy (non-hydrogen) atoms. The molecule has 7 heteroatoms. The van der Waals surface area contributed by atoms with Gasteiger partial charge in [-0.05, 0) is 48.5 Å². The van der Waals surface area contributed by atoms with Crippen molar-refractivity contribution in [1.82, 2.24) is 0 Å². The van der Waals surface area contributed by atoms with Gasteiger partial charge in [-0.25, -0.2) is 8.42 Å². The lowest BCUT2D eigenvalue weighted by Gasteiger charge is -2.05. The summed E-state index contributed by atoms with van der Waals surface area (Å²) in [6.45, 7) is -0.250. The molecule has 114 valence electrons. The Morgan fingerprint density at radius 3 is 1.24 bits per heavy atom. The average molecular weight is 310 g/mol. The van der Waals surface area contributed by atoms with E-state index in [1.165, 1.54) is 24.3 Å². The number of anilines is 2. The van der Waals surface area contributed by atoms with E-state index >= 15 is 0 Å². The number of aliphatic hydroxyl groups excluding tert-OH is 2. The summed E-state index contributed by atoms with van der Waals surface area (Å²) in [6, 6.07) is 12.2. The van der Waals surface area contributed by atoms with Crippen LogP contribution in [0.25, 0.3) is 0 Å². The summed E-state index contributed by atoms with van der Waals surface area (Å²) >= 11 is 0. The summed E-state index contributed by atoms with van der Waals surface area (Å²) in [5.41, 5.74) is 12.1. The number of nitrogen functional groups attached to an aromatic ring is 2. The second kappa shape index (κ2) is 7.63. The van der Waals surface area contributed by atoms with E-state index in [-0.39, 0.29) is 23.0 Å². The van der Waals surface area contributed by atoms with Crippen molar-refractivity contribution in [1.29, 1.82) is 0 Å². The Morgan fingerprint density at radius 1 is 0.714 bits per heavy atom. The zero-order valence-electron chi connectivity index (χ0n) is 11.3. The van der Waals surface area contributed by atoms with Crippen LogP contribution in [-0.2, 0) is 9.84 Å². The van der Waals surface area contributed by atoms with Gasteiger partial charge in [0.15, 0.2) is 0 Å². The van der Waals surface area contributed by atoms with Gasteiger partial charge in [0, 0.05) is 11.4 Å². The summed E-state index contributed by atoms with van der Waals surface area (Å²) in [4.78, 5) is 0.438. The largest absolute Gasteiger partial charge is 0.399 e. The van der Waals surface area contributed by atoms with Gasteiger partial charge in [-0.3, -0.25) is 0 Å². The molecule has 0 saturated heterocycles. The van der Waals surface area contributed by atoms with Gasteiger partial charge in [0.05, 0.1) is 23.0 Å². The molecule has 0 spiro atoms. The number of aliphatic hydroxyl groups is 2. The Morgan fingerprint density at radius 2 is 1.00 bits per heavy atom. The molecule has 0 aliphatic heterocycles. The van der Waals surface area contributed by atoms with Crippen molar-refractivity contribution in [2.45, 2.75) is 9.79 Å². The number of benzene rings is 2. The van der Waals surface area contributed by atoms with E-state index in [9.17, 15) is 8.42 Å². The van der Waals surface area contributed by atoms with Gasteiger partial charge in [0.1, 0.15) is 0 Å². The highest BCUT2D eigenvalue weighted by atomic mass is 32.2. The first-order valence-corrected chi connectivity index (χ1v) is 7.58. The highest BCUT2D eigenvalue weighted by molar-refractivity contribution is 7.91. The van der Waals surface area contributed by atoms with Gasteiger partial charge >= 0.3 is 0 Å². The zero-order chi connectivity index (χ0) is 15.9. The van der Waals surface area contributed by atoms with Crippen molar-refractivity contribution in [3.63, 3.8) is 0 Å². The van der Waals surface area contributed by atoms with Crippen LogP contribution in [-0.4, -0.2) is 31.8 Å². The minimum absolute atomic E-state index is 0.125. The van der Waals surface area contributed by atoms with Gasteiger partial charge in [0.25, 0.3) is 0 Å². The molecule has 6 N–H and O–H groups in total. The molecule has 0 atom stereocenters. The highest BCUT2D eigenvalue weighted by Crippen LogP contribution is 2.22. The highest BCUT2D eigenvalue weighted by Gasteiger charge is 2.16. The van der Waals surface area contributed by atoms with Crippen LogP contribution >= 0.6 is 0 Å². The maximum Gasteiger partial charge on any atom is 0.206 e. The molecule has 0 aromatic heterocycles. The number of sulfone groups is 1. The number of nitrogens with two attached hydrogens (primary N) is 2. The van der Waals surface area contributed by atoms with E-state index in [0.717, 1.165) is 0 Å². The summed E-state index contributed by atoms with van der Waals surface area (Å²) in [5.74, 6) is 0. The topological polar surface area (TPSA) is 127 Å². The molecule has 0 amide bonds. The molecule has 0 bridgehead atoms. The van der Waals surface area contributed by atoms with Crippen LogP contribution in [0.1, 0.15) is 0 Å². The summed E-state index contributed by atoms with van der Waals surface area (Å²) < 4.78 is 24.3. The Kier molecular flexibility index (Phi) is 6.16. The van der Waals surface area contributed by atoms with E-state index in [0.29, 0.717) is 11.4 Å². The number of hydrogen-bond donors (Lipinski definition) is 4. The third kappa shape index (κ3) is 4.75. The second-order valence-electron chi connectivity index (χ2n) is 4.09. The van der Waals surface area contributed by atoms with Crippen LogP contribution in [0.3, 0.4) is 0 Å². The molecule has 2 rings (SSSR count). The van der Waals surface area contributed by atoms with Gasteiger partial charge < -0.3 is 21.7 Å². The lowest BCUT2D eigenvalue weighted by Crippen LogP contribution is -2.02. The van der Waals surface area contributed by atoms with Crippen molar-refractivity contribution < 1.29 is 18.6 Å². The molecule has 0 aliphatic carbocycles. The Labute approximate surface area is 123 Å². The predicted molar refractivity (Wildman–Crippen MR) is 81.3 cm³/mol. The van der Waals surface area contributed by atoms with Crippen molar-refractivity contribution >= 4 is 21.2 Å². The summed E-state index contributed by atoms with van der Waals surface area (Å²) in [6.07, 6.45) is 0. The maximum absolute atomic E-state index is 12.2. The van der Waals surface area contributed by atoms with Crippen LogP contribution in [0.2, 0.25) is 0 Å². The molecule has 0 heterocycles. The molecule has 6 nitrogen and oxygen atoms in total. The van der Waals surface area contributed by atoms with Gasteiger partial charge in [-0.1, -0.05) is 0 Å². The normalized spacial score (nSPS) is 10.6. The number of hydrogen-bond acceptors (Lipinski definition) is 6. The first-order chi connectivity index (χ1) is 9.91. The summed E-state index contributed by atoms with van der Waals surface area (Å²) in [5, 5.41) is 15.2. The van der Waals surface area contributed by atoms with E-state index in [4.69, 9.17) is 21.7 Å². The lowest BCUT2D eigenvalue weighted by molar-refractivity contribution is 0.186. The van der Waals surface area contributed by atoms with Crippen molar-refractivity contribution in [2.75, 3.05) is 24.7 Å². The van der Waals surface area contributed by atoms with E-state index < -0.39 is 9.84 Å². The minimum atomic E-state index is -3.48. The van der Waals surface area contributed by atoms with E-state index in [1.807, 2.05) is 0 Å². The predicted octanol–water partition coefficient (Wildman–Crippen LogP) is 0.655. The van der Waals surface area contributed by atoms with Crippen molar-refractivity contribution in [3.05, 3.63) is 48.5 Å². The molecular weight excluding hydrogens is 292 g/mol. The molecule has 0 unspecified atom stereocenters. The van der Waals surface area contributed by atoms with Crippen LogP contribution in [0, 0.1) is 0 Å². The fourth-order valence-electron chi connectivity index (χ4n) is 1.43. The first kappa shape index (κ1) is 17.0. The van der Waals surface area contributed by atoms with E-state index in [1.54, 1.807) is 24.3 Å². The second-order valence-corrected chi connectivity index (χ2v) is 6.04. The van der Waals surface area contributed by atoms with E-state index in [2.05, 4.69) is 0 Å². The van der Waals surface area contributed by atoms with Crippen LogP contribution in [0.15, 0.2) is 58.3 Å². The molecule has 0 fully saturated rings. The Balaban J connectivity index is 0.000000491. The SMILES string of the molecule is Nc1ccc(S(=O)(=O)c2ccc(N)cc2)cc1.OCCO. The standard InChI is InChI=1S/C12H12N2O2S.C2H6O2/c13-9-1-5-11(6-2-9)17(15,16)12-7-3-10(14)4-8-12;3-1-2-4/h1-8H,13-14H2;3-4H,1-2H2. The number of rotatable bonds is 3.